The molecule has 96 valence electrons. The molecule has 0 fully saturated rings. The molecule has 5 nitrogen and oxygen atoms in total. The zero-order chi connectivity index (χ0) is 13.8. The summed E-state index contributed by atoms with van der Waals surface area (Å²) in [6.45, 7) is 2.54. The minimum Gasteiger partial charge on any atom is -0.395 e. The van der Waals surface area contributed by atoms with Crippen LogP contribution in [0.3, 0.4) is 0 Å². The van der Waals surface area contributed by atoms with E-state index in [9.17, 15) is 0 Å². The molecule has 0 aromatic carbocycles. The lowest BCUT2D eigenvalue weighted by Crippen LogP contribution is -2.20. The van der Waals surface area contributed by atoms with Crippen LogP contribution in [0.2, 0.25) is 0 Å². The molecule has 0 unspecified atom stereocenters. The Morgan fingerprint density at radius 3 is 2.84 bits per heavy atom. The summed E-state index contributed by atoms with van der Waals surface area (Å²) >= 11 is 0. The van der Waals surface area contributed by atoms with Crippen molar-refractivity contribution >= 4 is 11.5 Å². The third kappa shape index (κ3) is 2.80. The van der Waals surface area contributed by atoms with E-state index in [4.69, 9.17) is 11.0 Å². The lowest BCUT2D eigenvalue weighted by molar-refractivity contribution is 0.860. The van der Waals surface area contributed by atoms with Crippen molar-refractivity contribution in [2.75, 3.05) is 17.7 Å². The number of aryl methyl sites for hydroxylation is 1. The molecular formula is C14H15N5. The molecule has 19 heavy (non-hydrogen) atoms. The van der Waals surface area contributed by atoms with Crippen LogP contribution in [0.5, 0.6) is 0 Å². The van der Waals surface area contributed by atoms with Crippen molar-refractivity contribution in [3.63, 3.8) is 0 Å². The summed E-state index contributed by atoms with van der Waals surface area (Å²) in [5, 5.41) is 8.96. The molecular weight excluding hydrogens is 238 g/mol. The van der Waals surface area contributed by atoms with Crippen LogP contribution in [-0.4, -0.2) is 17.0 Å². The second-order valence-corrected chi connectivity index (χ2v) is 4.33. The highest BCUT2D eigenvalue weighted by Crippen LogP contribution is 2.23. The summed E-state index contributed by atoms with van der Waals surface area (Å²) in [6.07, 6.45) is 1.59. The normalized spacial score (nSPS) is 9.95. The van der Waals surface area contributed by atoms with E-state index in [1.54, 1.807) is 12.3 Å². The molecule has 0 atom stereocenters. The molecule has 0 aliphatic rings. The van der Waals surface area contributed by atoms with Gasteiger partial charge in [-0.15, -0.1) is 0 Å². The number of anilines is 2. The van der Waals surface area contributed by atoms with E-state index in [-0.39, 0.29) is 0 Å². The number of hydrogen-bond donors (Lipinski definition) is 1. The molecule has 2 N–H and O–H groups in total. The number of nitriles is 1. The SMILES string of the molecule is Cc1cccc(CN(C)c2nccc(C#N)c2N)n1. The van der Waals surface area contributed by atoms with Crippen molar-refractivity contribution in [3.05, 3.63) is 47.4 Å². The van der Waals surface area contributed by atoms with Crippen LogP contribution >= 0.6 is 0 Å². The van der Waals surface area contributed by atoms with Gasteiger partial charge in [-0.1, -0.05) is 6.07 Å². The van der Waals surface area contributed by atoms with Crippen LogP contribution in [0.4, 0.5) is 11.5 Å². The summed E-state index contributed by atoms with van der Waals surface area (Å²) in [4.78, 5) is 10.5. The van der Waals surface area contributed by atoms with E-state index in [0.717, 1.165) is 11.4 Å². The van der Waals surface area contributed by atoms with Crippen molar-refractivity contribution in [3.8, 4) is 6.07 Å². The molecule has 5 heteroatoms. The second-order valence-electron chi connectivity index (χ2n) is 4.33. The van der Waals surface area contributed by atoms with Crippen LogP contribution in [-0.2, 0) is 6.54 Å². The van der Waals surface area contributed by atoms with Gasteiger partial charge >= 0.3 is 0 Å². The lowest BCUT2D eigenvalue weighted by atomic mass is 10.2. The van der Waals surface area contributed by atoms with E-state index < -0.39 is 0 Å². The van der Waals surface area contributed by atoms with Gasteiger partial charge in [0.15, 0.2) is 5.82 Å². The molecule has 0 saturated carbocycles. The lowest BCUT2D eigenvalue weighted by Gasteiger charge is -2.19. The van der Waals surface area contributed by atoms with E-state index >= 15 is 0 Å². The number of nitrogens with zero attached hydrogens (tertiary/aromatic N) is 4. The second kappa shape index (κ2) is 5.36. The highest BCUT2D eigenvalue weighted by molar-refractivity contribution is 5.69. The van der Waals surface area contributed by atoms with Crippen molar-refractivity contribution < 1.29 is 0 Å². The maximum Gasteiger partial charge on any atom is 0.153 e. The number of pyridine rings is 2. The Hall–Kier alpha value is -2.61. The van der Waals surface area contributed by atoms with E-state index in [2.05, 4.69) is 16.0 Å². The Balaban J connectivity index is 2.26. The van der Waals surface area contributed by atoms with Crippen LogP contribution in [0.25, 0.3) is 0 Å². The van der Waals surface area contributed by atoms with E-state index in [0.29, 0.717) is 23.6 Å². The first-order valence-electron chi connectivity index (χ1n) is 5.90. The molecule has 0 aliphatic carbocycles. The Bertz CT molecular complexity index is 630. The highest BCUT2D eigenvalue weighted by Gasteiger charge is 2.11. The summed E-state index contributed by atoms with van der Waals surface area (Å²) in [7, 11) is 1.88. The third-order valence-corrected chi connectivity index (χ3v) is 2.80. The Labute approximate surface area is 112 Å². The van der Waals surface area contributed by atoms with E-state index in [1.165, 1.54) is 0 Å². The number of hydrogen-bond acceptors (Lipinski definition) is 5. The van der Waals surface area contributed by atoms with E-state index in [1.807, 2.05) is 37.1 Å². The smallest absolute Gasteiger partial charge is 0.153 e. The largest absolute Gasteiger partial charge is 0.395 e. The molecule has 2 aromatic heterocycles. The van der Waals surface area contributed by atoms with Gasteiger partial charge in [0.05, 0.1) is 23.5 Å². The Morgan fingerprint density at radius 1 is 1.37 bits per heavy atom. The Kier molecular flexibility index (Phi) is 3.62. The molecule has 0 aliphatic heterocycles. The fourth-order valence-electron chi connectivity index (χ4n) is 1.87. The van der Waals surface area contributed by atoms with Gasteiger partial charge in [-0.25, -0.2) is 4.98 Å². The zero-order valence-electron chi connectivity index (χ0n) is 11.0. The summed E-state index contributed by atoms with van der Waals surface area (Å²) < 4.78 is 0. The number of aromatic nitrogens is 2. The fraction of sp³-hybridized carbons (Fsp3) is 0.214. The molecule has 2 heterocycles. The predicted octanol–water partition coefficient (Wildman–Crippen LogP) is 1.88. The standard InChI is InChI=1S/C14H15N5/c1-10-4-3-5-12(18-10)9-19(2)14-13(16)11(8-15)6-7-17-14/h3-7H,9,16H2,1-2H3. The number of nitrogens with two attached hydrogens (primary N) is 1. The van der Waals surface area contributed by atoms with Gasteiger partial charge < -0.3 is 10.6 Å². The molecule has 0 saturated heterocycles. The molecule has 0 amide bonds. The van der Waals surface area contributed by atoms with Gasteiger partial charge in [0.25, 0.3) is 0 Å². The van der Waals surface area contributed by atoms with Crippen molar-refractivity contribution in [1.82, 2.24) is 9.97 Å². The van der Waals surface area contributed by atoms with Crippen LogP contribution in [0, 0.1) is 18.3 Å². The average molecular weight is 253 g/mol. The monoisotopic (exact) mass is 253 g/mol. The summed E-state index contributed by atoms with van der Waals surface area (Å²) in [5.74, 6) is 0.599. The average Bonchev–Trinajstić information content (AvgIpc) is 2.39. The molecule has 2 aromatic rings. The predicted molar refractivity (Wildman–Crippen MR) is 74.4 cm³/mol. The fourth-order valence-corrected chi connectivity index (χ4v) is 1.87. The molecule has 0 bridgehead atoms. The van der Waals surface area contributed by atoms with Crippen molar-refractivity contribution in [1.29, 1.82) is 5.26 Å². The first-order valence-corrected chi connectivity index (χ1v) is 5.90. The summed E-state index contributed by atoms with van der Waals surface area (Å²) in [6, 6.07) is 9.53. The van der Waals surface area contributed by atoms with Crippen LogP contribution in [0.15, 0.2) is 30.5 Å². The maximum atomic E-state index is 8.96. The van der Waals surface area contributed by atoms with Gasteiger partial charge in [-0.05, 0) is 25.1 Å². The van der Waals surface area contributed by atoms with Gasteiger partial charge in [0.2, 0.25) is 0 Å². The minimum atomic E-state index is 0.403. The van der Waals surface area contributed by atoms with Gasteiger partial charge in [-0.2, -0.15) is 5.26 Å². The number of rotatable bonds is 3. The van der Waals surface area contributed by atoms with Gasteiger partial charge in [0, 0.05) is 18.9 Å². The molecule has 2 rings (SSSR count). The van der Waals surface area contributed by atoms with Crippen molar-refractivity contribution in [2.24, 2.45) is 0 Å². The summed E-state index contributed by atoms with van der Waals surface area (Å²) in [5.41, 5.74) is 8.68. The number of nitrogen functional groups attached to an aromatic ring is 1. The Morgan fingerprint density at radius 2 is 2.16 bits per heavy atom. The highest BCUT2D eigenvalue weighted by atomic mass is 15.2. The maximum absolute atomic E-state index is 8.96. The van der Waals surface area contributed by atoms with Gasteiger partial charge in [0.1, 0.15) is 6.07 Å². The van der Waals surface area contributed by atoms with Crippen LogP contribution in [0.1, 0.15) is 17.0 Å². The zero-order valence-corrected chi connectivity index (χ0v) is 11.0. The van der Waals surface area contributed by atoms with Crippen molar-refractivity contribution in [2.45, 2.75) is 13.5 Å². The first kappa shape index (κ1) is 12.8. The third-order valence-electron chi connectivity index (χ3n) is 2.80. The van der Waals surface area contributed by atoms with Crippen LogP contribution < -0.4 is 10.6 Å². The topological polar surface area (TPSA) is 78.8 Å². The molecule has 0 radical (unpaired) electrons. The first-order chi connectivity index (χ1) is 9.11. The van der Waals surface area contributed by atoms with Gasteiger partial charge in [-0.3, -0.25) is 4.98 Å². The quantitative estimate of drug-likeness (QED) is 0.903. The molecule has 0 spiro atoms. The minimum absolute atomic E-state index is 0.403.